The molecule has 22 heavy (non-hydrogen) atoms. The Labute approximate surface area is 128 Å². The lowest BCUT2D eigenvalue weighted by molar-refractivity contribution is 0.210. The van der Waals surface area contributed by atoms with Crippen LogP contribution in [0.5, 0.6) is 0 Å². The minimum absolute atomic E-state index is 0.0465. The Hall–Kier alpha value is -2.44. The number of ether oxygens (including phenoxy) is 1. The monoisotopic (exact) mass is 298 g/mol. The van der Waals surface area contributed by atoms with Crippen LogP contribution in [0.3, 0.4) is 0 Å². The van der Waals surface area contributed by atoms with Crippen molar-refractivity contribution in [2.45, 2.75) is 6.61 Å². The molecule has 3 aromatic rings. The second kappa shape index (κ2) is 6.55. The summed E-state index contributed by atoms with van der Waals surface area (Å²) < 4.78 is 7.03. The normalized spacial score (nSPS) is 11.0. The highest BCUT2D eigenvalue weighted by Crippen LogP contribution is 2.23. The van der Waals surface area contributed by atoms with E-state index in [1.165, 1.54) is 0 Å². The van der Waals surface area contributed by atoms with Gasteiger partial charge >= 0.3 is 0 Å². The summed E-state index contributed by atoms with van der Waals surface area (Å²) in [6, 6.07) is 7.78. The molecule has 114 valence electrons. The number of rotatable bonds is 6. The molecule has 0 spiro atoms. The van der Waals surface area contributed by atoms with E-state index in [4.69, 9.17) is 9.84 Å². The number of aliphatic hydroxyl groups is 1. The number of aromatic nitrogens is 3. The first-order chi connectivity index (χ1) is 10.8. The summed E-state index contributed by atoms with van der Waals surface area (Å²) in [7, 11) is 1.67. The summed E-state index contributed by atoms with van der Waals surface area (Å²) in [5.74, 6) is 0.734. The topological polar surface area (TPSA) is 71.7 Å². The van der Waals surface area contributed by atoms with E-state index in [9.17, 15) is 0 Å². The Balaban J connectivity index is 1.95. The van der Waals surface area contributed by atoms with Gasteiger partial charge in [0.15, 0.2) is 11.5 Å². The molecule has 6 nitrogen and oxygen atoms in total. The van der Waals surface area contributed by atoms with Crippen LogP contribution in [0.4, 0.5) is 5.82 Å². The molecule has 3 rings (SSSR count). The molecule has 2 heterocycles. The number of methoxy groups -OCH3 is 1. The number of hydrogen-bond acceptors (Lipinski definition) is 5. The van der Waals surface area contributed by atoms with Crippen molar-refractivity contribution in [1.29, 1.82) is 0 Å². The van der Waals surface area contributed by atoms with Crippen molar-refractivity contribution >= 4 is 11.5 Å². The van der Waals surface area contributed by atoms with Gasteiger partial charge in [0.2, 0.25) is 0 Å². The molecule has 0 radical (unpaired) electrons. The molecule has 0 unspecified atom stereocenters. The molecule has 0 aliphatic carbocycles. The second-order valence-corrected chi connectivity index (χ2v) is 4.89. The first-order valence-electron chi connectivity index (χ1n) is 7.08. The minimum Gasteiger partial charge on any atom is -0.392 e. The van der Waals surface area contributed by atoms with Gasteiger partial charge in [-0.3, -0.25) is 4.40 Å². The Morgan fingerprint density at radius 1 is 1.23 bits per heavy atom. The summed E-state index contributed by atoms with van der Waals surface area (Å²) >= 11 is 0. The van der Waals surface area contributed by atoms with E-state index >= 15 is 0 Å². The Morgan fingerprint density at radius 3 is 2.77 bits per heavy atom. The third-order valence-electron chi connectivity index (χ3n) is 3.46. The van der Waals surface area contributed by atoms with Gasteiger partial charge in [-0.05, 0) is 5.56 Å². The van der Waals surface area contributed by atoms with Gasteiger partial charge in [0.1, 0.15) is 0 Å². The highest BCUT2D eigenvalue weighted by molar-refractivity contribution is 5.70. The predicted octanol–water partition coefficient (Wildman–Crippen LogP) is 1.95. The van der Waals surface area contributed by atoms with E-state index in [2.05, 4.69) is 15.3 Å². The van der Waals surface area contributed by atoms with Gasteiger partial charge in [0.25, 0.3) is 0 Å². The van der Waals surface area contributed by atoms with Crippen LogP contribution in [0.15, 0.2) is 42.9 Å². The van der Waals surface area contributed by atoms with Crippen LogP contribution in [-0.2, 0) is 11.3 Å². The molecular formula is C16H18N4O2. The minimum atomic E-state index is 0.0465. The Kier molecular flexibility index (Phi) is 4.32. The molecule has 6 heteroatoms. The predicted molar refractivity (Wildman–Crippen MR) is 84.7 cm³/mol. The molecule has 0 amide bonds. The fourth-order valence-corrected chi connectivity index (χ4v) is 2.31. The average molecular weight is 298 g/mol. The number of fused-ring (bicyclic) bond motifs is 1. The highest BCUT2D eigenvalue weighted by atomic mass is 16.5. The number of nitrogens with one attached hydrogen (secondary N) is 1. The lowest BCUT2D eigenvalue weighted by atomic mass is 10.1. The van der Waals surface area contributed by atoms with E-state index in [-0.39, 0.29) is 6.61 Å². The van der Waals surface area contributed by atoms with Crippen LogP contribution >= 0.6 is 0 Å². The zero-order valence-corrected chi connectivity index (χ0v) is 12.4. The highest BCUT2D eigenvalue weighted by Gasteiger charge is 2.09. The number of aliphatic hydroxyl groups excluding tert-OH is 1. The van der Waals surface area contributed by atoms with Crippen molar-refractivity contribution in [3.05, 3.63) is 48.4 Å². The van der Waals surface area contributed by atoms with E-state index in [0.717, 1.165) is 28.3 Å². The fraction of sp³-hybridized carbons (Fsp3) is 0.250. The average Bonchev–Trinajstić information content (AvgIpc) is 3.00. The SMILES string of the molecule is COCCNc1nccn2c(-c3ccc(CO)cc3)cnc12. The fourth-order valence-electron chi connectivity index (χ4n) is 2.31. The van der Waals surface area contributed by atoms with Gasteiger partial charge in [0, 0.05) is 31.6 Å². The van der Waals surface area contributed by atoms with Crippen molar-refractivity contribution < 1.29 is 9.84 Å². The van der Waals surface area contributed by atoms with Crippen LogP contribution < -0.4 is 5.32 Å². The summed E-state index contributed by atoms with van der Waals surface area (Å²) in [5, 5.41) is 12.3. The van der Waals surface area contributed by atoms with E-state index in [0.29, 0.717) is 13.2 Å². The smallest absolute Gasteiger partial charge is 0.180 e. The number of anilines is 1. The van der Waals surface area contributed by atoms with Gasteiger partial charge in [-0.15, -0.1) is 0 Å². The van der Waals surface area contributed by atoms with Crippen LogP contribution in [-0.4, -0.2) is 39.7 Å². The summed E-state index contributed by atoms with van der Waals surface area (Å²) in [5.41, 5.74) is 3.69. The molecular weight excluding hydrogens is 280 g/mol. The third-order valence-corrected chi connectivity index (χ3v) is 3.46. The van der Waals surface area contributed by atoms with Crippen molar-refractivity contribution in [2.75, 3.05) is 25.6 Å². The van der Waals surface area contributed by atoms with Crippen molar-refractivity contribution in [3.63, 3.8) is 0 Å². The number of imidazole rings is 1. The van der Waals surface area contributed by atoms with E-state index in [1.807, 2.05) is 41.1 Å². The Bertz CT molecular complexity index is 752. The number of benzene rings is 1. The molecule has 0 bridgehead atoms. The van der Waals surface area contributed by atoms with Gasteiger partial charge in [-0.1, -0.05) is 24.3 Å². The third kappa shape index (κ3) is 2.79. The zero-order chi connectivity index (χ0) is 15.4. The maximum absolute atomic E-state index is 9.13. The lowest BCUT2D eigenvalue weighted by Gasteiger charge is -2.07. The summed E-state index contributed by atoms with van der Waals surface area (Å²) in [6.45, 7) is 1.33. The molecule has 2 aromatic heterocycles. The summed E-state index contributed by atoms with van der Waals surface area (Å²) in [6.07, 6.45) is 5.46. The summed E-state index contributed by atoms with van der Waals surface area (Å²) in [4.78, 5) is 8.79. The first-order valence-corrected chi connectivity index (χ1v) is 7.08. The first kappa shape index (κ1) is 14.5. The van der Waals surface area contributed by atoms with E-state index < -0.39 is 0 Å². The molecule has 0 fully saturated rings. The van der Waals surface area contributed by atoms with Crippen LogP contribution in [0.25, 0.3) is 16.9 Å². The molecule has 0 aliphatic rings. The van der Waals surface area contributed by atoms with Crippen molar-refractivity contribution in [2.24, 2.45) is 0 Å². The quantitative estimate of drug-likeness (QED) is 0.681. The number of hydrogen-bond donors (Lipinski definition) is 2. The zero-order valence-electron chi connectivity index (χ0n) is 12.4. The maximum atomic E-state index is 9.13. The standard InChI is InChI=1S/C16H18N4O2/c1-22-9-7-18-15-16-19-10-14(20(16)8-6-17-15)13-4-2-12(11-21)3-5-13/h2-6,8,10,21H,7,9,11H2,1H3,(H,17,18). The van der Waals surface area contributed by atoms with Crippen molar-refractivity contribution in [1.82, 2.24) is 14.4 Å². The van der Waals surface area contributed by atoms with E-state index in [1.54, 1.807) is 13.3 Å². The van der Waals surface area contributed by atoms with Crippen LogP contribution in [0, 0.1) is 0 Å². The molecule has 2 N–H and O–H groups in total. The maximum Gasteiger partial charge on any atom is 0.180 e. The molecule has 1 aromatic carbocycles. The molecule has 0 saturated carbocycles. The second-order valence-electron chi connectivity index (χ2n) is 4.89. The molecule has 0 atom stereocenters. The van der Waals surface area contributed by atoms with Gasteiger partial charge in [-0.2, -0.15) is 0 Å². The molecule has 0 aliphatic heterocycles. The van der Waals surface area contributed by atoms with Gasteiger partial charge in [-0.25, -0.2) is 9.97 Å². The molecule has 0 saturated heterocycles. The largest absolute Gasteiger partial charge is 0.392 e. The number of nitrogens with zero attached hydrogens (tertiary/aromatic N) is 3. The van der Waals surface area contributed by atoms with Crippen LogP contribution in [0.1, 0.15) is 5.56 Å². The lowest BCUT2D eigenvalue weighted by Crippen LogP contribution is -2.10. The van der Waals surface area contributed by atoms with Gasteiger partial charge in [0.05, 0.1) is 25.1 Å². The van der Waals surface area contributed by atoms with Crippen LogP contribution in [0.2, 0.25) is 0 Å². The van der Waals surface area contributed by atoms with Gasteiger partial charge < -0.3 is 15.2 Å². The Morgan fingerprint density at radius 2 is 2.05 bits per heavy atom. The van der Waals surface area contributed by atoms with Crippen molar-refractivity contribution in [3.8, 4) is 11.3 Å².